The van der Waals surface area contributed by atoms with Crippen LogP contribution in [0.15, 0.2) is 78.9 Å². The molecule has 4 atom stereocenters. The molecule has 1 heterocycles. The summed E-state index contributed by atoms with van der Waals surface area (Å²) in [5.41, 5.74) is 2.71. The molecule has 3 aromatic carbocycles. The molecule has 2 unspecified atom stereocenters. The summed E-state index contributed by atoms with van der Waals surface area (Å²) in [4.78, 5) is 29.6. The molecule has 1 aliphatic heterocycles. The maximum Gasteiger partial charge on any atom is 0.410 e. The molecule has 246 valence electrons. The average molecular weight is 629 g/mol. The lowest BCUT2D eigenvalue weighted by molar-refractivity contribution is -0.145. The summed E-state index contributed by atoms with van der Waals surface area (Å²) < 4.78 is 17.7. The van der Waals surface area contributed by atoms with Gasteiger partial charge >= 0.3 is 12.1 Å². The number of piperidine rings is 1. The molecule has 0 spiro atoms. The second-order valence-electron chi connectivity index (χ2n) is 14.6. The highest BCUT2D eigenvalue weighted by Crippen LogP contribution is 2.49. The van der Waals surface area contributed by atoms with Crippen LogP contribution < -0.4 is 9.47 Å². The first-order valence-corrected chi connectivity index (χ1v) is 16.2. The normalized spacial score (nSPS) is 20.0. The van der Waals surface area contributed by atoms with Gasteiger partial charge in [-0.05, 0) is 79.0 Å². The summed E-state index contributed by atoms with van der Waals surface area (Å²) in [7, 11) is 0. The molecule has 2 aliphatic rings. The highest BCUT2D eigenvalue weighted by Gasteiger charge is 2.59. The molecule has 1 aliphatic carbocycles. The second kappa shape index (κ2) is 13.8. The molecule has 1 saturated heterocycles. The lowest BCUT2D eigenvalue weighted by Gasteiger charge is -2.30. The van der Waals surface area contributed by atoms with E-state index in [4.69, 9.17) is 14.2 Å². The van der Waals surface area contributed by atoms with Crippen molar-refractivity contribution in [3.63, 3.8) is 0 Å². The number of carboxylic acid groups (broad SMARTS) is 1. The Morgan fingerprint density at radius 3 is 2.02 bits per heavy atom. The largest absolute Gasteiger partial charge is 0.492 e. The number of aliphatic carboxylic acids is 1. The smallest absolute Gasteiger partial charge is 0.410 e. The predicted octanol–water partition coefficient (Wildman–Crippen LogP) is 6.81. The molecule has 5 rings (SSSR count). The van der Waals surface area contributed by atoms with Crippen molar-refractivity contribution < 1.29 is 28.9 Å². The minimum Gasteiger partial charge on any atom is -0.492 e. The Morgan fingerprint density at radius 1 is 0.848 bits per heavy atom. The fourth-order valence-electron chi connectivity index (χ4n) is 6.27. The number of benzene rings is 3. The van der Waals surface area contributed by atoms with Crippen molar-refractivity contribution in [2.45, 2.75) is 77.7 Å². The van der Waals surface area contributed by atoms with Gasteiger partial charge in [-0.1, -0.05) is 75.4 Å². The van der Waals surface area contributed by atoms with E-state index in [2.05, 4.69) is 49.9 Å². The van der Waals surface area contributed by atoms with Crippen LogP contribution in [0, 0.1) is 11.8 Å². The van der Waals surface area contributed by atoms with E-state index in [-0.39, 0.29) is 24.0 Å². The highest BCUT2D eigenvalue weighted by molar-refractivity contribution is 5.73. The molecule has 2 fully saturated rings. The Morgan fingerprint density at radius 2 is 1.46 bits per heavy atom. The summed E-state index contributed by atoms with van der Waals surface area (Å²) in [6.45, 7) is 15.7. The van der Waals surface area contributed by atoms with Gasteiger partial charge in [-0.25, -0.2) is 9.59 Å². The van der Waals surface area contributed by atoms with Crippen LogP contribution in [0.5, 0.6) is 11.5 Å². The lowest BCUT2D eigenvalue weighted by atomic mass is 9.87. The summed E-state index contributed by atoms with van der Waals surface area (Å²) >= 11 is 0. The number of fused-ring (bicyclic) bond motifs is 1. The number of carbonyl (C=O) groups is 2. The minimum absolute atomic E-state index is 0.00405. The Labute approximate surface area is 273 Å². The van der Waals surface area contributed by atoms with E-state index >= 15 is 0 Å². The Balaban J connectivity index is 1.14. The number of hydrogen-bond acceptors (Lipinski definition) is 6. The fourth-order valence-corrected chi connectivity index (χ4v) is 6.27. The van der Waals surface area contributed by atoms with Crippen LogP contribution in [0.4, 0.5) is 4.79 Å². The standard InChI is InChI=1S/C38H48N2O6/c1-37(2,3)28-14-18-30(19-15-28)45-33(35(41)42)22-26-12-16-29(17-13-26)44-21-20-40(36(43)46-38(4,5)6)34-31-24-39(25-32(31)34)23-27-10-8-7-9-11-27/h7-19,31-34H,20-25H2,1-6H3,(H,41,42)/t31-,32?,33+,34?/m1/s1. The van der Waals surface area contributed by atoms with Crippen LogP contribution in [0.3, 0.4) is 0 Å². The molecule has 1 saturated carbocycles. The van der Waals surface area contributed by atoms with Gasteiger partial charge in [0.1, 0.15) is 23.7 Å². The van der Waals surface area contributed by atoms with Gasteiger partial charge in [-0.3, -0.25) is 4.90 Å². The molecular weight excluding hydrogens is 580 g/mol. The van der Waals surface area contributed by atoms with E-state index in [0.29, 0.717) is 36.5 Å². The van der Waals surface area contributed by atoms with Crippen LogP contribution in [-0.2, 0) is 27.9 Å². The van der Waals surface area contributed by atoms with Gasteiger partial charge in [0.25, 0.3) is 0 Å². The zero-order chi connectivity index (χ0) is 33.1. The zero-order valence-electron chi connectivity index (χ0n) is 27.9. The Bertz CT molecular complexity index is 1450. The van der Waals surface area contributed by atoms with Gasteiger partial charge in [0.2, 0.25) is 0 Å². The molecule has 1 amide bonds. The molecule has 0 bridgehead atoms. The molecule has 46 heavy (non-hydrogen) atoms. The van der Waals surface area contributed by atoms with Crippen LogP contribution in [0.2, 0.25) is 0 Å². The van der Waals surface area contributed by atoms with Crippen molar-refractivity contribution >= 4 is 12.1 Å². The molecule has 3 aromatic rings. The minimum atomic E-state index is -1.02. The fraction of sp³-hybridized carbons (Fsp3) is 0.474. The van der Waals surface area contributed by atoms with Crippen molar-refractivity contribution in [1.29, 1.82) is 0 Å². The molecule has 0 aromatic heterocycles. The predicted molar refractivity (Wildman–Crippen MR) is 178 cm³/mol. The third-order valence-electron chi connectivity index (χ3n) is 8.68. The second-order valence-corrected chi connectivity index (χ2v) is 14.6. The highest BCUT2D eigenvalue weighted by atomic mass is 16.6. The number of ether oxygens (including phenoxy) is 3. The summed E-state index contributed by atoms with van der Waals surface area (Å²) in [5, 5.41) is 9.81. The number of hydrogen-bond donors (Lipinski definition) is 1. The third-order valence-corrected chi connectivity index (χ3v) is 8.68. The number of likely N-dealkylation sites (tertiary alicyclic amines) is 1. The van der Waals surface area contributed by atoms with Crippen LogP contribution in [-0.4, -0.2) is 71.0 Å². The van der Waals surface area contributed by atoms with Gasteiger partial charge in [-0.2, -0.15) is 0 Å². The molecule has 8 heteroatoms. The number of amides is 1. The van der Waals surface area contributed by atoms with E-state index in [1.54, 1.807) is 0 Å². The first kappa shape index (κ1) is 33.3. The zero-order valence-corrected chi connectivity index (χ0v) is 27.9. The van der Waals surface area contributed by atoms with Gasteiger partial charge in [0.15, 0.2) is 6.10 Å². The monoisotopic (exact) mass is 628 g/mol. The van der Waals surface area contributed by atoms with E-state index in [9.17, 15) is 14.7 Å². The summed E-state index contributed by atoms with van der Waals surface area (Å²) in [6.07, 6.45) is -1.10. The third kappa shape index (κ3) is 8.81. The topological polar surface area (TPSA) is 88.5 Å². The molecular formula is C38H48N2O6. The van der Waals surface area contributed by atoms with Gasteiger partial charge in [0.05, 0.1) is 6.54 Å². The van der Waals surface area contributed by atoms with Crippen molar-refractivity contribution in [2.24, 2.45) is 11.8 Å². The molecule has 0 radical (unpaired) electrons. The van der Waals surface area contributed by atoms with E-state index in [1.807, 2.05) is 80.3 Å². The van der Waals surface area contributed by atoms with Crippen molar-refractivity contribution in [2.75, 3.05) is 26.2 Å². The van der Waals surface area contributed by atoms with Gasteiger partial charge in [0, 0.05) is 32.1 Å². The first-order valence-electron chi connectivity index (χ1n) is 16.2. The molecule has 8 nitrogen and oxygen atoms in total. The average Bonchev–Trinajstić information content (AvgIpc) is 3.46. The molecule has 1 N–H and O–H groups in total. The van der Waals surface area contributed by atoms with E-state index in [0.717, 1.165) is 30.8 Å². The van der Waals surface area contributed by atoms with Crippen LogP contribution >= 0.6 is 0 Å². The lowest BCUT2D eigenvalue weighted by Crippen LogP contribution is -2.43. The number of carbonyl (C=O) groups excluding carboxylic acids is 1. The summed E-state index contributed by atoms with van der Waals surface area (Å²) in [5.74, 6) is 1.05. The van der Waals surface area contributed by atoms with Gasteiger partial charge < -0.3 is 24.2 Å². The van der Waals surface area contributed by atoms with Crippen LogP contribution in [0.1, 0.15) is 58.2 Å². The number of carboxylic acids is 1. The van der Waals surface area contributed by atoms with Crippen molar-refractivity contribution in [1.82, 2.24) is 9.80 Å². The quantitative estimate of drug-likeness (QED) is 0.236. The summed E-state index contributed by atoms with van der Waals surface area (Å²) in [6, 6.07) is 25.6. The maximum absolute atomic E-state index is 13.3. The number of rotatable bonds is 12. The van der Waals surface area contributed by atoms with E-state index in [1.165, 1.54) is 5.56 Å². The first-order chi connectivity index (χ1) is 21.8. The Kier molecular flexibility index (Phi) is 9.96. The van der Waals surface area contributed by atoms with Crippen molar-refractivity contribution in [3.8, 4) is 11.5 Å². The maximum atomic E-state index is 13.3. The van der Waals surface area contributed by atoms with Crippen molar-refractivity contribution in [3.05, 3.63) is 95.6 Å². The SMILES string of the molecule is CC(C)(C)OC(=O)N(CCOc1ccc(C[C@H](Oc2ccc(C(C)(C)C)cc2)C(=O)O)cc1)C1C2CN(Cc3ccccc3)C[C@H]21. The Hall–Kier alpha value is -4.04. The van der Waals surface area contributed by atoms with E-state index < -0.39 is 17.7 Å². The van der Waals surface area contributed by atoms with Crippen LogP contribution in [0.25, 0.3) is 0 Å². The van der Waals surface area contributed by atoms with Gasteiger partial charge in [-0.15, -0.1) is 0 Å². The number of nitrogens with zero attached hydrogens (tertiary/aromatic N) is 2.